The Balaban J connectivity index is 1.58. The van der Waals surface area contributed by atoms with Gasteiger partial charge in [-0.25, -0.2) is 4.79 Å². The summed E-state index contributed by atoms with van der Waals surface area (Å²) in [6.07, 6.45) is 1.39. The number of para-hydroxylation sites is 2. The second-order valence-electron chi connectivity index (χ2n) is 7.19. The highest BCUT2D eigenvalue weighted by molar-refractivity contribution is 5.96. The first kappa shape index (κ1) is 21.2. The Bertz CT molecular complexity index is 1010. The molecule has 0 bridgehead atoms. The van der Waals surface area contributed by atoms with E-state index in [1.54, 1.807) is 6.07 Å². The topological polar surface area (TPSA) is 77.8 Å². The summed E-state index contributed by atoms with van der Waals surface area (Å²) in [5.41, 5.74) is 3.28. The summed E-state index contributed by atoms with van der Waals surface area (Å²) in [6, 6.07) is 16.7. The molecular weight excluding hydrogens is 382 g/mol. The largest absolute Gasteiger partial charge is 0.489 e. The highest BCUT2D eigenvalue weighted by Crippen LogP contribution is 2.27. The number of amides is 1. The fourth-order valence-corrected chi connectivity index (χ4v) is 3.02. The number of carbonyl (C=O) groups excluding carboxylic acids is 2. The lowest BCUT2D eigenvalue weighted by atomic mass is 9.98. The number of ether oxygens (including phenoxy) is 2. The monoisotopic (exact) mass is 407 g/mol. The van der Waals surface area contributed by atoms with Gasteiger partial charge in [-0.05, 0) is 42.2 Å². The van der Waals surface area contributed by atoms with Gasteiger partial charge < -0.3 is 19.2 Å². The Morgan fingerprint density at radius 3 is 2.53 bits per heavy atom. The summed E-state index contributed by atoms with van der Waals surface area (Å²) in [5, 5.41) is 2.85. The van der Waals surface area contributed by atoms with Gasteiger partial charge in [0.05, 0.1) is 6.26 Å². The first-order valence-corrected chi connectivity index (χ1v) is 9.76. The maximum absolute atomic E-state index is 12.4. The minimum absolute atomic E-state index is 0.0255. The van der Waals surface area contributed by atoms with E-state index in [9.17, 15) is 9.59 Å². The quantitative estimate of drug-likeness (QED) is 0.527. The molecule has 1 heterocycles. The van der Waals surface area contributed by atoms with Crippen molar-refractivity contribution in [3.63, 3.8) is 0 Å². The van der Waals surface area contributed by atoms with Crippen molar-refractivity contribution < 1.29 is 23.5 Å². The zero-order chi connectivity index (χ0) is 21.5. The molecule has 156 valence electrons. The highest BCUT2D eigenvalue weighted by Gasteiger charge is 2.19. The summed E-state index contributed by atoms with van der Waals surface area (Å²) >= 11 is 0. The SMILES string of the molecule is Cc1cccc(C(C)C)c1NC(=O)COC(=O)c1occc1COc1ccccc1. The molecule has 0 unspecified atom stereocenters. The van der Waals surface area contributed by atoms with E-state index in [1.165, 1.54) is 6.26 Å². The predicted octanol–water partition coefficient (Wildman–Crippen LogP) is 5.09. The number of hydrogen-bond acceptors (Lipinski definition) is 5. The molecule has 0 spiro atoms. The normalized spacial score (nSPS) is 10.7. The molecule has 0 atom stereocenters. The van der Waals surface area contributed by atoms with Crippen molar-refractivity contribution in [2.45, 2.75) is 33.3 Å². The minimum atomic E-state index is -0.712. The third kappa shape index (κ3) is 5.29. The molecule has 3 rings (SSSR count). The summed E-state index contributed by atoms with van der Waals surface area (Å²) in [5.74, 6) is -0.170. The summed E-state index contributed by atoms with van der Waals surface area (Å²) < 4.78 is 16.0. The van der Waals surface area contributed by atoms with E-state index in [1.807, 2.05) is 55.5 Å². The number of carbonyl (C=O) groups is 2. The maximum atomic E-state index is 12.4. The van der Waals surface area contributed by atoms with Crippen LogP contribution < -0.4 is 10.1 Å². The Morgan fingerprint density at radius 2 is 1.80 bits per heavy atom. The van der Waals surface area contributed by atoms with Gasteiger partial charge in [0.2, 0.25) is 5.76 Å². The van der Waals surface area contributed by atoms with Gasteiger partial charge in [0.15, 0.2) is 6.61 Å². The van der Waals surface area contributed by atoms with Crippen LogP contribution in [0.1, 0.15) is 47.0 Å². The molecule has 2 aromatic carbocycles. The second-order valence-corrected chi connectivity index (χ2v) is 7.19. The lowest BCUT2D eigenvalue weighted by molar-refractivity contribution is -0.119. The molecule has 0 aliphatic carbocycles. The standard InChI is InChI=1S/C24H25NO5/c1-16(2)20-11-7-8-17(3)22(20)25-21(26)15-30-24(27)23-18(12-13-28-23)14-29-19-9-5-4-6-10-19/h4-13,16H,14-15H2,1-3H3,(H,25,26). The molecule has 1 N–H and O–H groups in total. The number of hydrogen-bond donors (Lipinski definition) is 1. The first-order valence-electron chi connectivity index (χ1n) is 9.76. The van der Waals surface area contributed by atoms with Crippen LogP contribution in [0.15, 0.2) is 65.3 Å². The van der Waals surface area contributed by atoms with E-state index >= 15 is 0 Å². The number of furan rings is 1. The number of anilines is 1. The van der Waals surface area contributed by atoms with Crippen molar-refractivity contribution in [3.05, 3.63) is 83.3 Å². The van der Waals surface area contributed by atoms with Crippen LogP contribution in [0.4, 0.5) is 5.69 Å². The molecule has 0 aliphatic rings. The van der Waals surface area contributed by atoms with Crippen molar-refractivity contribution in [2.24, 2.45) is 0 Å². The van der Waals surface area contributed by atoms with Crippen molar-refractivity contribution in [1.29, 1.82) is 0 Å². The highest BCUT2D eigenvalue weighted by atomic mass is 16.5. The van der Waals surface area contributed by atoms with Gasteiger partial charge in [-0.3, -0.25) is 4.79 Å². The molecule has 0 saturated carbocycles. The molecule has 30 heavy (non-hydrogen) atoms. The van der Waals surface area contributed by atoms with Crippen molar-refractivity contribution in [1.82, 2.24) is 0 Å². The third-order valence-corrected chi connectivity index (χ3v) is 4.60. The Hall–Kier alpha value is -3.54. The van der Waals surface area contributed by atoms with Crippen molar-refractivity contribution in [3.8, 4) is 5.75 Å². The van der Waals surface area contributed by atoms with Gasteiger partial charge >= 0.3 is 5.97 Å². The lowest BCUT2D eigenvalue weighted by Gasteiger charge is -2.16. The fraction of sp³-hybridized carbons (Fsp3) is 0.250. The van der Waals surface area contributed by atoms with E-state index < -0.39 is 18.5 Å². The average molecular weight is 407 g/mol. The van der Waals surface area contributed by atoms with Gasteiger partial charge in [-0.1, -0.05) is 50.2 Å². The number of nitrogens with one attached hydrogen (secondary N) is 1. The fourth-order valence-electron chi connectivity index (χ4n) is 3.02. The van der Waals surface area contributed by atoms with E-state index in [0.717, 1.165) is 16.8 Å². The van der Waals surface area contributed by atoms with Gasteiger partial charge in [-0.2, -0.15) is 0 Å². The molecule has 1 amide bonds. The van der Waals surface area contributed by atoms with Crippen LogP contribution in [0, 0.1) is 6.92 Å². The molecule has 6 nitrogen and oxygen atoms in total. The van der Waals surface area contributed by atoms with E-state index in [0.29, 0.717) is 11.3 Å². The molecule has 3 aromatic rings. The number of esters is 1. The average Bonchev–Trinajstić information content (AvgIpc) is 3.21. The van der Waals surface area contributed by atoms with Crippen LogP contribution in [0.25, 0.3) is 0 Å². The van der Waals surface area contributed by atoms with Gasteiger partial charge in [0, 0.05) is 11.3 Å². The molecule has 0 saturated heterocycles. The number of aryl methyl sites for hydroxylation is 1. The van der Waals surface area contributed by atoms with Crippen LogP contribution in [0.2, 0.25) is 0 Å². The third-order valence-electron chi connectivity index (χ3n) is 4.60. The van der Waals surface area contributed by atoms with Crippen LogP contribution in [-0.2, 0) is 16.1 Å². The van der Waals surface area contributed by atoms with Crippen LogP contribution >= 0.6 is 0 Å². The molecule has 0 fully saturated rings. The Morgan fingerprint density at radius 1 is 1.03 bits per heavy atom. The van der Waals surface area contributed by atoms with Gasteiger partial charge in [0.1, 0.15) is 12.4 Å². The van der Waals surface area contributed by atoms with Gasteiger partial charge in [-0.15, -0.1) is 0 Å². The van der Waals surface area contributed by atoms with E-state index in [-0.39, 0.29) is 18.3 Å². The molecule has 6 heteroatoms. The van der Waals surface area contributed by atoms with E-state index in [4.69, 9.17) is 13.9 Å². The molecular formula is C24H25NO5. The Kier molecular flexibility index (Phi) is 6.91. The number of benzene rings is 2. The Labute approximate surface area is 175 Å². The molecule has 0 radical (unpaired) electrons. The predicted molar refractivity (Wildman–Crippen MR) is 114 cm³/mol. The molecule has 0 aliphatic heterocycles. The van der Waals surface area contributed by atoms with Crippen molar-refractivity contribution >= 4 is 17.6 Å². The zero-order valence-electron chi connectivity index (χ0n) is 17.3. The first-order chi connectivity index (χ1) is 14.5. The zero-order valence-corrected chi connectivity index (χ0v) is 17.3. The maximum Gasteiger partial charge on any atom is 0.375 e. The smallest absolute Gasteiger partial charge is 0.375 e. The van der Waals surface area contributed by atoms with E-state index in [2.05, 4.69) is 19.2 Å². The van der Waals surface area contributed by atoms with Crippen LogP contribution in [-0.4, -0.2) is 18.5 Å². The van der Waals surface area contributed by atoms with Crippen LogP contribution in [0.3, 0.4) is 0 Å². The molecule has 1 aromatic heterocycles. The second kappa shape index (κ2) is 9.78. The summed E-state index contributed by atoms with van der Waals surface area (Å²) in [6.45, 7) is 5.78. The van der Waals surface area contributed by atoms with Crippen LogP contribution in [0.5, 0.6) is 5.75 Å². The minimum Gasteiger partial charge on any atom is -0.489 e. The lowest BCUT2D eigenvalue weighted by Crippen LogP contribution is -2.22. The van der Waals surface area contributed by atoms with Crippen molar-refractivity contribution in [2.75, 3.05) is 11.9 Å². The summed E-state index contributed by atoms with van der Waals surface area (Å²) in [7, 11) is 0. The summed E-state index contributed by atoms with van der Waals surface area (Å²) in [4.78, 5) is 24.8. The number of rotatable bonds is 8. The van der Waals surface area contributed by atoms with Gasteiger partial charge in [0.25, 0.3) is 5.91 Å².